The Morgan fingerprint density at radius 3 is 2.71 bits per heavy atom. The Balaban J connectivity index is 2.19. The fourth-order valence-corrected chi connectivity index (χ4v) is 2.82. The van der Waals surface area contributed by atoms with Gasteiger partial charge in [-0.2, -0.15) is 0 Å². The second kappa shape index (κ2) is 6.74. The molecule has 21 heavy (non-hydrogen) atoms. The number of carbonyl (C=O) groups is 2. The zero-order valence-corrected chi connectivity index (χ0v) is 12.8. The minimum atomic E-state index is -0.928. The predicted octanol–water partition coefficient (Wildman–Crippen LogP) is 3.14. The van der Waals surface area contributed by atoms with Crippen molar-refractivity contribution in [2.24, 2.45) is 5.92 Å². The number of rotatable bonds is 6. The Hall–Kier alpha value is -1.84. The van der Waals surface area contributed by atoms with E-state index in [1.165, 1.54) is 5.56 Å². The van der Waals surface area contributed by atoms with Gasteiger partial charge in [0.15, 0.2) is 5.78 Å². The number of carboxylic acid groups (broad SMARTS) is 1. The van der Waals surface area contributed by atoms with Crippen molar-refractivity contribution in [2.75, 3.05) is 18.0 Å². The third-order valence-corrected chi connectivity index (χ3v) is 3.77. The first-order valence-electron chi connectivity index (χ1n) is 7.60. The number of anilines is 1. The van der Waals surface area contributed by atoms with Gasteiger partial charge in [0, 0.05) is 30.8 Å². The van der Waals surface area contributed by atoms with E-state index in [9.17, 15) is 9.59 Å². The van der Waals surface area contributed by atoms with E-state index in [1.807, 2.05) is 18.2 Å². The van der Waals surface area contributed by atoms with Gasteiger partial charge in [-0.3, -0.25) is 9.59 Å². The summed E-state index contributed by atoms with van der Waals surface area (Å²) in [7, 11) is 0. The van der Waals surface area contributed by atoms with Crippen LogP contribution < -0.4 is 4.90 Å². The maximum atomic E-state index is 12.1. The Kier molecular flexibility index (Phi) is 4.99. The molecule has 114 valence electrons. The van der Waals surface area contributed by atoms with Crippen LogP contribution in [-0.4, -0.2) is 29.9 Å². The number of benzene rings is 1. The van der Waals surface area contributed by atoms with E-state index in [0.29, 0.717) is 11.5 Å². The summed E-state index contributed by atoms with van der Waals surface area (Å²) in [5.74, 6) is -0.444. The number of ketones is 1. The van der Waals surface area contributed by atoms with Crippen LogP contribution in [0.1, 0.15) is 49.0 Å². The number of fused-ring (bicyclic) bond motifs is 1. The average Bonchev–Trinajstić information content (AvgIpc) is 2.44. The van der Waals surface area contributed by atoms with Crippen molar-refractivity contribution >= 4 is 17.4 Å². The fourth-order valence-electron chi connectivity index (χ4n) is 2.82. The van der Waals surface area contributed by atoms with Gasteiger partial charge in [-0.25, -0.2) is 0 Å². The standard InChI is InChI=1S/C17H23NO3/c1-12(2)11-18-9-3-4-13-5-6-14(10-15(13)18)16(19)7-8-17(20)21/h5-6,10,12H,3-4,7-9,11H2,1-2H3,(H,20,21). The van der Waals surface area contributed by atoms with Crippen LogP contribution in [0.25, 0.3) is 0 Å². The molecule has 4 nitrogen and oxygen atoms in total. The maximum absolute atomic E-state index is 12.1. The van der Waals surface area contributed by atoms with E-state index in [1.54, 1.807) is 0 Å². The number of carboxylic acids is 1. The quantitative estimate of drug-likeness (QED) is 0.817. The molecule has 0 saturated carbocycles. The number of aryl methyl sites for hydroxylation is 1. The van der Waals surface area contributed by atoms with Gasteiger partial charge in [0.05, 0.1) is 6.42 Å². The summed E-state index contributed by atoms with van der Waals surface area (Å²) < 4.78 is 0. The summed E-state index contributed by atoms with van der Waals surface area (Å²) >= 11 is 0. The minimum Gasteiger partial charge on any atom is -0.481 e. The molecule has 1 aliphatic rings. The van der Waals surface area contributed by atoms with Crippen LogP contribution in [0, 0.1) is 5.92 Å². The van der Waals surface area contributed by atoms with Gasteiger partial charge in [0.2, 0.25) is 0 Å². The molecule has 0 fully saturated rings. The zero-order valence-electron chi connectivity index (χ0n) is 12.8. The minimum absolute atomic E-state index is 0.0678. The molecule has 2 rings (SSSR count). The SMILES string of the molecule is CC(C)CN1CCCc2ccc(C(=O)CCC(=O)O)cc21. The molecule has 0 radical (unpaired) electrons. The highest BCUT2D eigenvalue weighted by Crippen LogP contribution is 2.29. The van der Waals surface area contributed by atoms with Crippen LogP contribution >= 0.6 is 0 Å². The zero-order chi connectivity index (χ0) is 15.4. The van der Waals surface area contributed by atoms with Crippen LogP contribution in [0.3, 0.4) is 0 Å². The van der Waals surface area contributed by atoms with E-state index in [2.05, 4.69) is 18.7 Å². The predicted molar refractivity (Wildman–Crippen MR) is 83.0 cm³/mol. The van der Waals surface area contributed by atoms with Crippen LogP contribution in [0.4, 0.5) is 5.69 Å². The Labute approximate surface area is 125 Å². The Morgan fingerprint density at radius 2 is 2.05 bits per heavy atom. The molecule has 1 aromatic carbocycles. The monoisotopic (exact) mass is 289 g/mol. The smallest absolute Gasteiger partial charge is 0.303 e. The summed E-state index contributed by atoms with van der Waals surface area (Å²) in [5, 5.41) is 8.68. The lowest BCUT2D eigenvalue weighted by atomic mass is 9.96. The van der Waals surface area contributed by atoms with Gasteiger partial charge in [0.25, 0.3) is 0 Å². The van der Waals surface area contributed by atoms with Gasteiger partial charge >= 0.3 is 5.97 Å². The van der Waals surface area contributed by atoms with Crippen LogP contribution in [0.2, 0.25) is 0 Å². The van der Waals surface area contributed by atoms with Gasteiger partial charge in [-0.05, 0) is 30.4 Å². The average molecular weight is 289 g/mol. The summed E-state index contributed by atoms with van der Waals surface area (Å²) in [6.07, 6.45) is 2.16. The van der Waals surface area contributed by atoms with E-state index < -0.39 is 5.97 Å². The number of aliphatic carboxylic acids is 1. The third-order valence-electron chi connectivity index (χ3n) is 3.77. The molecule has 1 aliphatic heterocycles. The number of nitrogens with zero attached hydrogens (tertiary/aromatic N) is 1. The number of hydrogen-bond donors (Lipinski definition) is 1. The number of hydrogen-bond acceptors (Lipinski definition) is 3. The Morgan fingerprint density at radius 1 is 1.29 bits per heavy atom. The molecule has 4 heteroatoms. The molecule has 0 bridgehead atoms. The molecule has 1 aromatic rings. The highest BCUT2D eigenvalue weighted by Gasteiger charge is 2.19. The molecule has 0 aliphatic carbocycles. The van der Waals surface area contributed by atoms with Crippen molar-refractivity contribution in [1.29, 1.82) is 0 Å². The molecular weight excluding hydrogens is 266 g/mol. The fraction of sp³-hybridized carbons (Fsp3) is 0.529. The lowest BCUT2D eigenvalue weighted by Crippen LogP contribution is -2.32. The number of carbonyl (C=O) groups excluding carboxylic acids is 1. The van der Waals surface area contributed by atoms with Crippen molar-refractivity contribution in [3.05, 3.63) is 29.3 Å². The van der Waals surface area contributed by atoms with Crippen molar-refractivity contribution in [2.45, 2.75) is 39.5 Å². The van der Waals surface area contributed by atoms with Gasteiger partial charge < -0.3 is 10.0 Å². The molecule has 1 N–H and O–H groups in total. The highest BCUT2D eigenvalue weighted by molar-refractivity contribution is 5.98. The van der Waals surface area contributed by atoms with Gasteiger partial charge in [0.1, 0.15) is 0 Å². The van der Waals surface area contributed by atoms with E-state index in [0.717, 1.165) is 31.6 Å². The highest BCUT2D eigenvalue weighted by atomic mass is 16.4. The van der Waals surface area contributed by atoms with Crippen molar-refractivity contribution < 1.29 is 14.7 Å². The van der Waals surface area contributed by atoms with Gasteiger partial charge in [-0.15, -0.1) is 0 Å². The van der Waals surface area contributed by atoms with Crippen LogP contribution in [-0.2, 0) is 11.2 Å². The third kappa shape index (κ3) is 4.06. The van der Waals surface area contributed by atoms with E-state index in [4.69, 9.17) is 5.11 Å². The maximum Gasteiger partial charge on any atom is 0.303 e. The normalized spacial score (nSPS) is 14.1. The Bertz CT molecular complexity index is 537. The number of Topliss-reactive ketones (excluding diaryl/α,β-unsaturated/α-hetero) is 1. The first kappa shape index (κ1) is 15.5. The molecular formula is C17H23NO3. The summed E-state index contributed by atoms with van der Waals surface area (Å²) in [6.45, 7) is 6.39. The summed E-state index contributed by atoms with van der Waals surface area (Å²) in [6, 6.07) is 5.80. The molecule has 0 atom stereocenters. The molecule has 1 heterocycles. The summed E-state index contributed by atoms with van der Waals surface area (Å²) in [5.41, 5.74) is 3.07. The molecule has 0 unspecified atom stereocenters. The molecule has 0 spiro atoms. The van der Waals surface area contributed by atoms with Gasteiger partial charge in [-0.1, -0.05) is 26.0 Å². The topological polar surface area (TPSA) is 57.6 Å². The van der Waals surface area contributed by atoms with Crippen LogP contribution in [0.5, 0.6) is 0 Å². The molecule has 0 saturated heterocycles. The lowest BCUT2D eigenvalue weighted by Gasteiger charge is -2.33. The second-order valence-corrected chi connectivity index (χ2v) is 6.10. The van der Waals surface area contributed by atoms with Crippen molar-refractivity contribution in [1.82, 2.24) is 0 Å². The summed E-state index contributed by atoms with van der Waals surface area (Å²) in [4.78, 5) is 25.0. The van der Waals surface area contributed by atoms with Crippen molar-refractivity contribution in [3.63, 3.8) is 0 Å². The van der Waals surface area contributed by atoms with E-state index >= 15 is 0 Å². The second-order valence-electron chi connectivity index (χ2n) is 6.10. The largest absolute Gasteiger partial charge is 0.481 e. The van der Waals surface area contributed by atoms with Crippen molar-refractivity contribution in [3.8, 4) is 0 Å². The molecule has 0 aromatic heterocycles. The van der Waals surface area contributed by atoms with Crippen LogP contribution in [0.15, 0.2) is 18.2 Å². The van der Waals surface area contributed by atoms with E-state index in [-0.39, 0.29) is 18.6 Å². The lowest BCUT2D eigenvalue weighted by molar-refractivity contribution is -0.136. The first-order chi connectivity index (χ1) is 9.97. The first-order valence-corrected chi connectivity index (χ1v) is 7.60. The molecule has 0 amide bonds.